The topological polar surface area (TPSA) is 304 Å². The first-order chi connectivity index (χ1) is 39.1. The van der Waals surface area contributed by atoms with E-state index in [-0.39, 0.29) is 79.5 Å². The van der Waals surface area contributed by atoms with Crippen LogP contribution in [0.1, 0.15) is 133 Å². The summed E-state index contributed by atoms with van der Waals surface area (Å²) in [5, 5.41) is 37.4. The van der Waals surface area contributed by atoms with Gasteiger partial charge in [-0.25, -0.2) is 4.79 Å². The van der Waals surface area contributed by atoms with E-state index in [9.17, 15) is 24.9 Å². The Labute approximate surface area is 492 Å². The molecule has 0 bridgehead atoms. The number of nitrogens with one attached hydrogen (secondary N) is 5. The Morgan fingerprint density at radius 3 is 1.33 bits per heavy atom. The van der Waals surface area contributed by atoms with Crippen LogP contribution in [0.4, 0.5) is 28.1 Å². The van der Waals surface area contributed by atoms with E-state index in [0.717, 1.165) is 33.8 Å². The Morgan fingerprint density at radius 1 is 0.590 bits per heavy atom. The lowest BCUT2D eigenvalue weighted by atomic mass is 9.86. The maximum absolute atomic E-state index is 13.2. The number of ether oxygens (including phenoxy) is 7. The molecule has 83 heavy (non-hydrogen) atoms. The molecule has 4 aromatic heterocycles. The molecule has 5 N–H and O–H groups in total. The summed E-state index contributed by atoms with van der Waals surface area (Å²) in [5.74, 6) is 0.478. The number of anilines is 4. The molecule has 0 saturated heterocycles. The summed E-state index contributed by atoms with van der Waals surface area (Å²) in [6, 6.07) is 15.4. The predicted octanol–water partition coefficient (Wildman–Crippen LogP) is 10.8. The lowest BCUT2D eigenvalue weighted by molar-refractivity contribution is 0.0200. The summed E-state index contributed by atoms with van der Waals surface area (Å²) in [7, 11) is 5.68. The fraction of sp³-hybridized carbons (Fsp3) is 0.456. The number of amides is 3. The van der Waals surface area contributed by atoms with Crippen LogP contribution in [-0.2, 0) is 15.6 Å². The van der Waals surface area contributed by atoms with Gasteiger partial charge in [0.05, 0.1) is 39.6 Å². The van der Waals surface area contributed by atoms with Gasteiger partial charge in [0.2, 0.25) is 35.4 Å². The quantitative estimate of drug-likeness (QED) is 0.0395. The number of benzene rings is 2. The van der Waals surface area contributed by atoms with Gasteiger partial charge >= 0.3 is 6.09 Å². The Morgan fingerprint density at radius 2 is 0.988 bits per heavy atom. The number of thiazole rings is 2. The molecule has 0 fully saturated rings. The molecule has 3 amide bonds. The SMILES string of the molecule is COc1nc(NCCN(C(=O)OC(C)(C)C)C(C)C)nc(OC)c1NC(=O)c1csc(Oc2cc(C(C)(C)C)ccc2C#N)n1.COc1nc(NCCNC(C)C)nc(OC)c1NC(=O)c1csc(Oc2cc(C(C)(C)C)ccc2C#N)n1. The Balaban J connectivity index is 0.000000308. The Kier molecular flexibility index (Phi) is 22.7. The number of nitriles is 2. The van der Waals surface area contributed by atoms with Crippen molar-refractivity contribution in [3.63, 3.8) is 0 Å². The summed E-state index contributed by atoms with van der Waals surface area (Å²) >= 11 is 2.25. The molecule has 0 aliphatic carbocycles. The average molecular weight is 1180 g/mol. The number of carbonyl (C=O) groups excluding carboxylic acids is 3. The van der Waals surface area contributed by atoms with E-state index in [1.54, 1.807) is 28.5 Å². The summed E-state index contributed by atoms with van der Waals surface area (Å²) in [6.45, 7) is 27.7. The standard InChI is InChI=1S/C31H41N7O6S.C26H33N7O4S/c1-18(2)38(29(40)44-31(6,7)8)14-13-33-27-36-25(41-9)23(26(37-27)42-10)35-24(39)21-17-45-28(34-21)43-22-15-20(30(3,4)5)12-11-19(22)16-32;1-15(2)28-10-11-29-24-32-22(35-6)20(23(33-24)36-7)31-21(34)18-14-38-25(30-18)37-19-12-17(26(3,4)5)9-8-16(19)13-27/h11-12,15,17-18H,13-14H2,1-10H3,(H,35,39)(H,33,36,37);8-9,12,14-15,28H,10-11H2,1-7H3,(H,31,34)(H,29,32,33). The highest BCUT2D eigenvalue weighted by atomic mass is 32.1. The van der Waals surface area contributed by atoms with Gasteiger partial charge in [-0.3, -0.25) is 9.59 Å². The minimum absolute atomic E-state index is 0.0509. The second-order valence-corrected chi connectivity index (χ2v) is 23.5. The molecule has 0 aliphatic heterocycles. The third kappa shape index (κ3) is 18.7. The zero-order valence-electron chi connectivity index (χ0n) is 50.0. The van der Waals surface area contributed by atoms with E-state index in [4.69, 9.17) is 33.2 Å². The summed E-state index contributed by atoms with van der Waals surface area (Å²) in [6.07, 6.45) is -0.423. The first-order valence-corrected chi connectivity index (χ1v) is 28.1. The van der Waals surface area contributed by atoms with Crippen molar-refractivity contribution in [2.45, 2.75) is 119 Å². The summed E-state index contributed by atoms with van der Waals surface area (Å²) in [4.78, 5) is 66.4. The number of rotatable bonds is 22. The highest BCUT2D eigenvalue weighted by molar-refractivity contribution is 7.12. The minimum Gasteiger partial charge on any atom is -0.479 e. The van der Waals surface area contributed by atoms with E-state index in [1.807, 2.05) is 52.8 Å². The Bertz CT molecular complexity index is 3250. The number of carbonyl (C=O) groups is 3. The highest BCUT2D eigenvalue weighted by Crippen LogP contribution is 2.38. The average Bonchev–Trinajstić information content (AvgIpc) is 4.34. The molecular weight excluding hydrogens is 1100 g/mol. The van der Waals surface area contributed by atoms with E-state index < -0.39 is 23.5 Å². The van der Waals surface area contributed by atoms with Crippen LogP contribution in [-0.4, -0.2) is 125 Å². The fourth-order valence-electron chi connectivity index (χ4n) is 7.20. The zero-order chi connectivity index (χ0) is 61.4. The normalized spacial score (nSPS) is 11.3. The van der Waals surface area contributed by atoms with Crippen LogP contribution in [0.25, 0.3) is 0 Å². The Hall–Kier alpha value is -8.59. The van der Waals surface area contributed by atoms with Crippen molar-refractivity contribution in [1.29, 1.82) is 10.5 Å². The molecule has 0 atom stereocenters. The van der Waals surface area contributed by atoms with Crippen LogP contribution in [0, 0.1) is 22.7 Å². The monoisotopic (exact) mass is 1180 g/mol. The molecule has 6 aromatic rings. The van der Waals surface area contributed by atoms with Crippen LogP contribution >= 0.6 is 22.7 Å². The van der Waals surface area contributed by atoms with Crippen LogP contribution in [0.5, 0.6) is 45.4 Å². The van der Waals surface area contributed by atoms with Gasteiger partial charge in [0, 0.05) is 49.0 Å². The lowest BCUT2D eigenvalue weighted by Crippen LogP contribution is -2.43. The zero-order valence-corrected chi connectivity index (χ0v) is 51.7. The van der Waals surface area contributed by atoms with Crippen LogP contribution in [0.15, 0.2) is 47.2 Å². The molecule has 0 spiro atoms. The molecule has 444 valence electrons. The van der Waals surface area contributed by atoms with Crippen LogP contribution in [0.3, 0.4) is 0 Å². The van der Waals surface area contributed by atoms with Crippen molar-refractivity contribution in [1.82, 2.24) is 40.1 Å². The molecule has 6 rings (SSSR count). The molecule has 4 heterocycles. The molecule has 0 saturated carbocycles. The number of hydrogen-bond acceptors (Lipinski definition) is 23. The largest absolute Gasteiger partial charge is 0.479 e. The number of methoxy groups -OCH3 is 4. The van der Waals surface area contributed by atoms with Gasteiger partial charge in [-0.05, 0) is 80.8 Å². The third-order valence-corrected chi connectivity index (χ3v) is 13.0. The maximum Gasteiger partial charge on any atom is 0.410 e. The smallest absolute Gasteiger partial charge is 0.410 e. The van der Waals surface area contributed by atoms with Gasteiger partial charge < -0.3 is 64.6 Å². The van der Waals surface area contributed by atoms with E-state index in [0.29, 0.717) is 60.8 Å². The van der Waals surface area contributed by atoms with Gasteiger partial charge in [-0.2, -0.15) is 40.4 Å². The van der Waals surface area contributed by atoms with Crippen molar-refractivity contribution >= 4 is 63.9 Å². The van der Waals surface area contributed by atoms with E-state index in [1.165, 1.54) is 33.8 Å². The second-order valence-electron chi connectivity index (χ2n) is 21.9. The maximum atomic E-state index is 13.2. The van der Waals surface area contributed by atoms with Gasteiger partial charge in [-0.1, -0.05) is 90.2 Å². The molecule has 24 nitrogen and oxygen atoms in total. The molecule has 26 heteroatoms. The highest BCUT2D eigenvalue weighted by Gasteiger charge is 2.27. The van der Waals surface area contributed by atoms with Gasteiger partial charge in [0.1, 0.15) is 40.6 Å². The van der Waals surface area contributed by atoms with E-state index in [2.05, 4.69) is 124 Å². The number of hydrogen-bond donors (Lipinski definition) is 5. The van der Waals surface area contributed by atoms with Crippen LogP contribution in [0.2, 0.25) is 0 Å². The van der Waals surface area contributed by atoms with Gasteiger partial charge in [0.15, 0.2) is 11.4 Å². The van der Waals surface area contributed by atoms with Crippen molar-refractivity contribution in [2.75, 3.05) is 75.9 Å². The van der Waals surface area contributed by atoms with Gasteiger partial charge in [-0.15, -0.1) is 0 Å². The lowest BCUT2D eigenvalue weighted by Gasteiger charge is -2.30. The fourth-order valence-corrected chi connectivity index (χ4v) is 8.52. The third-order valence-electron chi connectivity index (χ3n) is 11.5. The first kappa shape index (κ1) is 65.2. The summed E-state index contributed by atoms with van der Waals surface area (Å²) < 4.78 is 39.0. The number of aromatic nitrogens is 6. The molecule has 2 aromatic carbocycles. The molecule has 0 radical (unpaired) electrons. The van der Waals surface area contributed by atoms with Gasteiger partial charge in [0.25, 0.3) is 22.2 Å². The van der Waals surface area contributed by atoms with Crippen molar-refractivity contribution in [2.24, 2.45) is 0 Å². The molecule has 0 aliphatic rings. The van der Waals surface area contributed by atoms with Crippen LogP contribution < -0.4 is 55.0 Å². The van der Waals surface area contributed by atoms with E-state index >= 15 is 0 Å². The number of nitrogens with zero attached hydrogens (tertiary/aromatic N) is 9. The molecular formula is C57H74N14O10S2. The van der Waals surface area contributed by atoms with Crippen molar-refractivity contribution in [3.8, 4) is 57.5 Å². The van der Waals surface area contributed by atoms with Crippen molar-refractivity contribution in [3.05, 3.63) is 80.8 Å². The first-order valence-electron chi connectivity index (χ1n) is 26.3. The van der Waals surface area contributed by atoms with Crippen molar-refractivity contribution < 1.29 is 47.5 Å². The minimum atomic E-state index is -0.617. The second kappa shape index (κ2) is 28.9. The predicted molar refractivity (Wildman–Crippen MR) is 318 cm³/mol. The molecule has 0 unspecified atom stereocenters. The summed E-state index contributed by atoms with van der Waals surface area (Å²) in [5.41, 5.74) is 2.29.